The maximum atomic E-state index is 10.1. The molecule has 2 aromatic rings. The van der Waals surface area contributed by atoms with Gasteiger partial charge in [0.15, 0.2) is 10.8 Å². The molecule has 0 fully saturated rings. The molecule has 0 atom stereocenters. The zero-order valence-electron chi connectivity index (χ0n) is 6.31. The molecule has 2 heterocycles. The summed E-state index contributed by atoms with van der Waals surface area (Å²) >= 11 is 1.51. The highest BCUT2D eigenvalue weighted by Crippen LogP contribution is 2.22. The number of nitrogens with zero attached hydrogens (tertiary/aromatic N) is 3. The van der Waals surface area contributed by atoms with Crippen LogP contribution in [-0.4, -0.2) is 15.5 Å². The fourth-order valence-electron chi connectivity index (χ4n) is 1.06. The van der Waals surface area contributed by atoms with Gasteiger partial charge in [-0.15, -0.1) is 16.3 Å². The number of rotatable bonds is 1. The van der Waals surface area contributed by atoms with Crippen LogP contribution in [0.4, 0.5) is 5.82 Å². The molecule has 0 saturated heterocycles. The van der Waals surface area contributed by atoms with Crippen molar-refractivity contribution in [2.24, 2.45) is 4.99 Å². The van der Waals surface area contributed by atoms with Gasteiger partial charge in [0.2, 0.25) is 6.08 Å². The molecule has 0 aliphatic heterocycles. The fraction of sp³-hybridized carbons (Fsp3) is 0.143. The lowest BCUT2D eigenvalue weighted by Gasteiger charge is -1.85. The average Bonchev–Trinajstić information content (AvgIpc) is 2.56. The second-order valence-corrected chi connectivity index (χ2v) is 3.15. The summed E-state index contributed by atoms with van der Waals surface area (Å²) in [7, 11) is 0. The molecule has 0 aliphatic rings. The molecule has 0 spiro atoms. The van der Waals surface area contributed by atoms with E-state index >= 15 is 0 Å². The van der Waals surface area contributed by atoms with Gasteiger partial charge in [0.25, 0.3) is 0 Å². The Hall–Kier alpha value is -1.45. The molecular weight excluding hydrogens is 174 g/mol. The predicted molar refractivity (Wildman–Crippen MR) is 45.6 cm³/mol. The standard InChI is InChI=1S/C7H5N3OS/c1-5-6(8-4-11)10-2-3-12-7(10)9-5/h2-3H,1H3. The Morgan fingerprint density at radius 3 is 3.33 bits per heavy atom. The monoisotopic (exact) mass is 179 g/mol. The normalized spacial score (nSPS) is 10.1. The molecule has 2 aromatic heterocycles. The van der Waals surface area contributed by atoms with Crippen molar-refractivity contribution < 1.29 is 4.79 Å². The third kappa shape index (κ3) is 0.879. The van der Waals surface area contributed by atoms with Gasteiger partial charge >= 0.3 is 0 Å². The Bertz CT molecular complexity index is 464. The number of aryl methyl sites for hydroxylation is 1. The second-order valence-electron chi connectivity index (χ2n) is 2.28. The van der Waals surface area contributed by atoms with Gasteiger partial charge in [0.1, 0.15) is 0 Å². The van der Waals surface area contributed by atoms with Gasteiger partial charge < -0.3 is 0 Å². The highest BCUT2D eigenvalue weighted by Gasteiger charge is 2.07. The lowest BCUT2D eigenvalue weighted by Crippen LogP contribution is -1.74. The van der Waals surface area contributed by atoms with Gasteiger partial charge in [0.05, 0.1) is 5.69 Å². The van der Waals surface area contributed by atoms with E-state index < -0.39 is 0 Å². The highest BCUT2D eigenvalue weighted by atomic mass is 32.1. The number of fused-ring (bicyclic) bond motifs is 1. The molecule has 0 bridgehead atoms. The van der Waals surface area contributed by atoms with Crippen molar-refractivity contribution in [2.45, 2.75) is 6.92 Å². The number of aliphatic imine (C=N–C) groups is 1. The van der Waals surface area contributed by atoms with Gasteiger partial charge in [-0.3, -0.25) is 4.40 Å². The van der Waals surface area contributed by atoms with Crippen molar-refractivity contribution in [3.05, 3.63) is 17.3 Å². The van der Waals surface area contributed by atoms with E-state index in [0.29, 0.717) is 5.82 Å². The number of carbonyl (C=O) groups excluding carboxylic acids is 1. The van der Waals surface area contributed by atoms with Crippen LogP contribution in [0.1, 0.15) is 5.69 Å². The van der Waals surface area contributed by atoms with E-state index in [2.05, 4.69) is 9.98 Å². The van der Waals surface area contributed by atoms with E-state index in [9.17, 15) is 4.79 Å². The van der Waals surface area contributed by atoms with E-state index in [1.807, 2.05) is 18.5 Å². The third-order valence-electron chi connectivity index (χ3n) is 1.56. The van der Waals surface area contributed by atoms with Crippen LogP contribution in [0.25, 0.3) is 4.96 Å². The Balaban J connectivity index is 2.84. The molecule has 0 N–H and O–H groups in total. The number of thiazole rings is 1. The van der Waals surface area contributed by atoms with Crippen LogP contribution in [0, 0.1) is 6.92 Å². The van der Waals surface area contributed by atoms with Crippen molar-refractivity contribution in [3.63, 3.8) is 0 Å². The zero-order valence-corrected chi connectivity index (χ0v) is 7.13. The van der Waals surface area contributed by atoms with Gasteiger partial charge in [-0.25, -0.2) is 9.78 Å². The van der Waals surface area contributed by atoms with Crippen molar-refractivity contribution in [2.75, 3.05) is 0 Å². The smallest absolute Gasteiger partial charge is 0.242 e. The summed E-state index contributed by atoms with van der Waals surface area (Å²) in [4.78, 5) is 18.7. The minimum atomic E-state index is 0.571. The van der Waals surface area contributed by atoms with Gasteiger partial charge in [0, 0.05) is 11.6 Å². The molecule has 0 unspecified atom stereocenters. The summed E-state index contributed by atoms with van der Waals surface area (Å²) < 4.78 is 1.77. The van der Waals surface area contributed by atoms with Gasteiger partial charge in [-0.1, -0.05) is 0 Å². The first-order chi connectivity index (χ1) is 5.83. The maximum absolute atomic E-state index is 10.1. The lowest BCUT2D eigenvalue weighted by atomic mass is 10.5. The molecular formula is C7H5N3OS. The molecule has 4 nitrogen and oxygen atoms in total. The van der Waals surface area contributed by atoms with Crippen LogP contribution in [0.3, 0.4) is 0 Å². The number of hydrogen-bond donors (Lipinski definition) is 0. The minimum Gasteiger partial charge on any atom is -0.274 e. The minimum absolute atomic E-state index is 0.571. The second kappa shape index (κ2) is 2.55. The summed E-state index contributed by atoms with van der Waals surface area (Å²) in [6, 6.07) is 0. The maximum Gasteiger partial charge on any atom is 0.242 e. The Kier molecular flexibility index (Phi) is 1.53. The predicted octanol–water partition coefficient (Wildman–Crippen LogP) is 1.67. The van der Waals surface area contributed by atoms with Gasteiger partial charge in [-0.05, 0) is 6.92 Å². The Morgan fingerprint density at radius 1 is 1.75 bits per heavy atom. The van der Waals surface area contributed by atoms with Crippen LogP contribution in [0.15, 0.2) is 16.6 Å². The summed E-state index contributed by atoms with van der Waals surface area (Å²) in [6.45, 7) is 1.82. The van der Waals surface area contributed by atoms with Crippen LogP contribution in [0.2, 0.25) is 0 Å². The Morgan fingerprint density at radius 2 is 2.58 bits per heavy atom. The fourth-order valence-corrected chi connectivity index (χ4v) is 1.81. The number of aromatic nitrogens is 2. The van der Waals surface area contributed by atoms with Crippen LogP contribution < -0.4 is 0 Å². The van der Waals surface area contributed by atoms with E-state index in [-0.39, 0.29) is 0 Å². The zero-order chi connectivity index (χ0) is 8.55. The first kappa shape index (κ1) is 7.21. The lowest BCUT2D eigenvalue weighted by molar-refractivity contribution is 0.565. The largest absolute Gasteiger partial charge is 0.274 e. The van der Waals surface area contributed by atoms with Crippen molar-refractivity contribution >= 4 is 28.2 Å². The molecule has 5 heteroatoms. The first-order valence-electron chi connectivity index (χ1n) is 3.33. The van der Waals surface area contributed by atoms with Gasteiger partial charge in [-0.2, -0.15) is 0 Å². The highest BCUT2D eigenvalue weighted by molar-refractivity contribution is 7.15. The summed E-state index contributed by atoms with van der Waals surface area (Å²) in [5.41, 5.74) is 0.755. The quantitative estimate of drug-likeness (QED) is 0.493. The molecule has 2 rings (SSSR count). The van der Waals surface area contributed by atoms with Crippen molar-refractivity contribution in [3.8, 4) is 0 Å². The SMILES string of the molecule is Cc1nc2sccn2c1N=C=O. The van der Waals surface area contributed by atoms with Crippen molar-refractivity contribution in [1.29, 1.82) is 0 Å². The molecule has 0 aromatic carbocycles. The summed E-state index contributed by atoms with van der Waals surface area (Å²) in [5, 5.41) is 1.89. The summed E-state index contributed by atoms with van der Waals surface area (Å²) in [5.74, 6) is 0.571. The molecule has 0 radical (unpaired) electrons. The number of hydrogen-bond acceptors (Lipinski definition) is 4. The van der Waals surface area contributed by atoms with E-state index in [1.54, 1.807) is 4.40 Å². The van der Waals surface area contributed by atoms with Crippen molar-refractivity contribution in [1.82, 2.24) is 9.38 Å². The third-order valence-corrected chi connectivity index (χ3v) is 2.31. The van der Waals surface area contributed by atoms with Crippen LogP contribution in [0.5, 0.6) is 0 Å². The van der Waals surface area contributed by atoms with Crippen LogP contribution in [-0.2, 0) is 4.79 Å². The molecule has 60 valence electrons. The van der Waals surface area contributed by atoms with E-state index in [0.717, 1.165) is 10.7 Å². The molecule has 0 aliphatic carbocycles. The topological polar surface area (TPSA) is 46.7 Å². The van der Waals surface area contributed by atoms with E-state index in [4.69, 9.17) is 0 Å². The molecule has 12 heavy (non-hydrogen) atoms. The summed E-state index contributed by atoms with van der Waals surface area (Å²) in [6.07, 6.45) is 3.34. The number of isocyanates is 1. The number of imidazole rings is 1. The van der Waals surface area contributed by atoms with E-state index in [1.165, 1.54) is 17.4 Å². The first-order valence-corrected chi connectivity index (χ1v) is 4.21. The molecule has 0 amide bonds. The molecule has 0 saturated carbocycles. The Labute approximate surface area is 72.2 Å². The van der Waals surface area contributed by atoms with Crippen LogP contribution >= 0.6 is 11.3 Å². The average molecular weight is 179 g/mol.